The van der Waals surface area contributed by atoms with Crippen molar-refractivity contribution >= 4 is 0 Å². The second kappa shape index (κ2) is 4.65. The van der Waals surface area contributed by atoms with Crippen LogP contribution < -0.4 is 4.74 Å². The van der Waals surface area contributed by atoms with Crippen molar-refractivity contribution in [2.24, 2.45) is 0 Å². The van der Waals surface area contributed by atoms with Gasteiger partial charge in [-0.15, -0.1) is 0 Å². The molecule has 7 heteroatoms. The lowest BCUT2D eigenvalue weighted by molar-refractivity contribution is -0.138. The SMILES string of the molecule is OCc1ccc(C(F)(F)F)cc1OC(F)F. The average Bonchev–Trinajstić information content (AvgIpc) is 2.15. The molecule has 0 radical (unpaired) electrons. The molecule has 0 saturated heterocycles. The topological polar surface area (TPSA) is 29.5 Å². The predicted octanol–water partition coefficient (Wildman–Crippen LogP) is 2.80. The van der Waals surface area contributed by atoms with Gasteiger partial charge < -0.3 is 9.84 Å². The second-order valence-electron chi connectivity index (χ2n) is 2.86. The van der Waals surface area contributed by atoms with E-state index in [4.69, 9.17) is 5.11 Å². The van der Waals surface area contributed by atoms with Crippen molar-refractivity contribution in [1.29, 1.82) is 0 Å². The molecule has 0 bridgehead atoms. The van der Waals surface area contributed by atoms with Crippen LogP contribution in [-0.2, 0) is 12.8 Å². The number of hydrogen-bond acceptors (Lipinski definition) is 2. The van der Waals surface area contributed by atoms with E-state index in [9.17, 15) is 22.0 Å². The summed E-state index contributed by atoms with van der Waals surface area (Å²) in [4.78, 5) is 0. The summed E-state index contributed by atoms with van der Waals surface area (Å²) in [5.41, 5.74) is -1.24. The van der Waals surface area contributed by atoms with Crippen molar-refractivity contribution in [2.45, 2.75) is 19.4 Å². The molecule has 0 aromatic heterocycles. The lowest BCUT2D eigenvalue weighted by atomic mass is 10.1. The molecule has 0 saturated carbocycles. The maximum Gasteiger partial charge on any atom is 0.416 e. The zero-order valence-corrected chi connectivity index (χ0v) is 7.76. The Morgan fingerprint density at radius 3 is 2.31 bits per heavy atom. The summed E-state index contributed by atoms with van der Waals surface area (Å²) in [6.07, 6.45) is -4.64. The van der Waals surface area contributed by atoms with E-state index in [0.717, 1.165) is 6.07 Å². The van der Waals surface area contributed by atoms with Gasteiger partial charge in [0, 0.05) is 5.56 Å². The van der Waals surface area contributed by atoms with Crippen LogP contribution in [0.25, 0.3) is 0 Å². The zero-order chi connectivity index (χ0) is 12.3. The van der Waals surface area contributed by atoms with Crippen molar-refractivity contribution in [3.63, 3.8) is 0 Å². The van der Waals surface area contributed by atoms with Gasteiger partial charge in [0.15, 0.2) is 0 Å². The van der Waals surface area contributed by atoms with Crippen LogP contribution in [0.1, 0.15) is 11.1 Å². The van der Waals surface area contributed by atoms with Gasteiger partial charge >= 0.3 is 12.8 Å². The van der Waals surface area contributed by atoms with Crippen molar-refractivity contribution in [2.75, 3.05) is 0 Å². The Hall–Kier alpha value is -1.37. The van der Waals surface area contributed by atoms with E-state index < -0.39 is 30.7 Å². The molecule has 0 atom stereocenters. The van der Waals surface area contributed by atoms with Crippen LogP contribution in [0.5, 0.6) is 5.75 Å². The largest absolute Gasteiger partial charge is 0.434 e. The van der Waals surface area contributed by atoms with Gasteiger partial charge in [-0.25, -0.2) is 0 Å². The fraction of sp³-hybridized carbons (Fsp3) is 0.333. The zero-order valence-electron chi connectivity index (χ0n) is 7.76. The molecule has 1 N–H and O–H groups in total. The molecule has 0 heterocycles. The minimum absolute atomic E-state index is 0.131. The van der Waals surface area contributed by atoms with Crippen LogP contribution in [0.15, 0.2) is 18.2 Å². The molecule has 1 aromatic rings. The predicted molar refractivity (Wildman–Crippen MR) is 44.0 cm³/mol. The summed E-state index contributed by atoms with van der Waals surface area (Å²) in [6, 6.07) is 2.00. The van der Waals surface area contributed by atoms with Crippen LogP contribution in [0, 0.1) is 0 Å². The molecule has 0 aliphatic carbocycles. The Morgan fingerprint density at radius 1 is 1.25 bits per heavy atom. The van der Waals surface area contributed by atoms with Gasteiger partial charge in [-0.2, -0.15) is 22.0 Å². The lowest BCUT2D eigenvalue weighted by Crippen LogP contribution is -2.09. The van der Waals surface area contributed by atoms with Crippen molar-refractivity contribution in [1.82, 2.24) is 0 Å². The highest BCUT2D eigenvalue weighted by molar-refractivity contribution is 5.38. The number of aliphatic hydroxyl groups excluding tert-OH is 1. The normalized spacial score (nSPS) is 11.9. The van der Waals surface area contributed by atoms with Gasteiger partial charge in [-0.05, 0) is 12.1 Å². The highest BCUT2D eigenvalue weighted by Crippen LogP contribution is 2.33. The molecular formula is C9H7F5O2. The summed E-state index contributed by atoms with van der Waals surface area (Å²) < 4.78 is 64.3. The molecule has 0 aliphatic heterocycles. The van der Waals surface area contributed by atoms with Gasteiger partial charge in [-0.3, -0.25) is 0 Å². The molecule has 0 amide bonds. The van der Waals surface area contributed by atoms with Gasteiger partial charge in [0.2, 0.25) is 0 Å². The van der Waals surface area contributed by atoms with E-state index in [2.05, 4.69) is 4.74 Å². The molecule has 2 nitrogen and oxygen atoms in total. The second-order valence-corrected chi connectivity index (χ2v) is 2.86. The molecule has 0 aliphatic rings. The van der Waals surface area contributed by atoms with Crippen LogP contribution in [-0.4, -0.2) is 11.7 Å². The summed E-state index contributed by atoms with van der Waals surface area (Å²) in [5.74, 6) is -0.674. The van der Waals surface area contributed by atoms with E-state index in [0.29, 0.717) is 12.1 Å². The van der Waals surface area contributed by atoms with Crippen LogP contribution in [0.3, 0.4) is 0 Å². The maximum absolute atomic E-state index is 12.2. The molecule has 1 aromatic carbocycles. The van der Waals surface area contributed by atoms with Crippen molar-refractivity contribution in [3.05, 3.63) is 29.3 Å². The Morgan fingerprint density at radius 2 is 1.88 bits per heavy atom. The van der Waals surface area contributed by atoms with E-state index in [1.54, 1.807) is 0 Å². The number of ether oxygens (including phenoxy) is 1. The first kappa shape index (κ1) is 12.7. The molecular weight excluding hydrogens is 235 g/mol. The monoisotopic (exact) mass is 242 g/mol. The average molecular weight is 242 g/mol. The third-order valence-electron chi connectivity index (χ3n) is 1.78. The van der Waals surface area contributed by atoms with Gasteiger partial charge in [-0.1, -0.05) is 6.07 Å². The van der Waals surface area contributed by atoms with Crippen molar-refractivity contribution in [3.8, 4) is 5.75 Å². The lowest BCUT2D eigenvalue weighted by Gasteiger charge is -2.12. The van der Waals surface area contributed by atoms with Crippen LogP contribution in [0.4, 0.5) is 22.0 Å². The fourth-order valence-electron chi connectivity index (χ4n) is 1.07. The smallest absolute Gasteiger partial charge is 0.416 e. The molecule has 0 unspecified atom stereocenters. The number of aliphatic hydroxyl groups is 1. The first-order chi connectivity index (χ1) is 7.34. The molecule has 16 heavy (non-hydrogen) atoms. The Labute approximate surface area is 87.3 Å². The van der Waals surface area contributed by atoms with E-state index >= 15 is 0 Å². The summed E-state index contributed by atoms with van der Waals surface area (Å²) in [6.45, 7) is -3.92. The summed E-state index contributed by atoms with van der Waals surface area (Å²) >= 11 is 0. The number of benzene rings is 1. The number of hydrogen-bond donors (Lipinski definition) is 1. The fourth-order valence-corrected chi connectivity index (χ4v) is 1.07. The van der Waals surface area contributed by atoms with Gasteiger partial charge in [0.05, 0.1) is 12.2 Å². The number of rotatable bonds is 3. The Balaban J connectivity index is 3.11. The quantitative estimate of drug-likeness (QED) is 0.826. The number of halogens is 5. The third kappa shape index (κ3) is 3.06. The Bertz CT molecular complexity index is 361. The van der Waals surface area contributed by atoms with Gasteiger partial charge in [0.1, 0.15) is 5.75 Å². The standard InChI is InChI=1S/C9H7F5O2/c10-8(11)16-7-3-6(9(12,13)14)2-1-5(7)4-15/h1-3,8,15H,4H2. The molecule has 0 fully saturated rings. The minimum atomic E-state index is -4.64. The third-order valence-corrected chi connectivity index (χ3v) is 1.78. The first-order valence-corrected chi connectivity index (χ1v) is 4.10. The summed E-state index contributed by atoms with van der Waals surface area (Å²) in [7, 11) is 0. The molecule has 90 valence electrons. The highest BCUT2D eigenvalue weighted by Gasteiger charge is 2.31. The van der Waals surface area contributed by atoms with E-state index in [1.807, 2.05) is 0 Å². The van der Waals surface area contributed by atoms with E-state index in [1.165, 1.54) is 0 Å². The number of alkyl halides is 5. The first-order valence-electron chi connectivity index (χ1n) is 4.10. The van der Waals surface area contributed by atoms with Crippen LogP contribution in [0.2, 0.25) is 0 Å². The molecule has 1 rings (SSSR count). The van der Waals surface area contributed by atoms with E-state index in [-0.39, 0.29) is 5.56 Å². The van der Waals surface area contributed by atoms with Crippen LogP contribution >= 0.6 is 0 Å². The van der Waals surface area contributed by atoms with Crippen molar-refractivity contribution < 1.29 is 31.8 Å². The van der Waals surface area contributed by atoms with Gasteiger partial charge in [0.25, 0.3) is 0 Å². The maximum atomic E-state index is 12.2. The molecule has 0 spiro atoms. The summed E-state index contributed by atoms with van der Waals surface area (Å²) in [5, 5.41) is 8.72. The Kier molecular flexibility index (Phi) is 3.69. The highest BCUT2D eigenvalue weighted by atomic mass is 19.4. The minimum Gasteiger partial charge on any atom is -0.434 e.